The van der Waals surface area contributed by atoms with Gasteiger partial charge in [-0.1, -0.05) is 0 Å². The number of piperidine rings is 1. The maximum absolute atomic E-state index is 12.7. The molecule has 1 atom stereocenters. The molecule has 0 saturated carbocycles. The van der Waals surface area contributed by atoms with Gasteiger partial charge in [0.15, 0.2) is 0 Å². The smallest absolute Gasteiger partial charge is 0.256 e. The maximum Gasteiger partial charge on any atom is 0.256 e. The topological polar surface area (TPSA) is 49.6 Å². The molecule has 0 aromatic heterocycles. The minimum atomic E-state index is 0.100. The standard InChI is InChI=1S/C15H23N3O/c1-11-6-4-5-9-18(11)15(19)13-10-12(16)7-8-14(13)17(2)3/h7-8,10-11H,4-6,9,16H2,1-3H3. The number of hydrogen-bond donors (Lipinski definition) is 1. The van der Waals surface area contributed by atoms with Crippen molar-refractivity contribution in [2.45, 2.75) is 32.2 Å². The number of hydrogen-bond acceptors (Lipinski definition) is 3. The SMILES string of the molecule is CC1CCCCN1C(=O)c1cc(N)ccc1N(C)C. The first-order valence-electron chi connectivity index (χ1n) is 6.88. The fourth-order valence-corrected chi connectivity index (χ4v) is 2.67. The Kier molecular flexibility index (Phi) is 3.98. The first-order valence-corrected chi connectivity index (χ1v) is 6.88. The number of benzene rings is 1. The van der Waals surface area contributed by atoms with Gasteiger partial charge in [-0.05, 0) is 44.4 Å². The minimum absolute atomic E-state index is 0.100. The van der Waals surface area contributed by atoms with Crippen molar-refractivity contribution in [3.05, 3.63) is 23.8 Å². The molecule has 1 aromatic rings. The lowest BCUT2D eigenvalue weighted by molar-refractivity contribution is 0.0636. The average molecular weight is 261 g/mol. The van der Waals surface area contributed by atoms with Crippen LogP contribution in [0.5, 0.6) is 0 Å². The number of likely N-dealkylation sites (tertiary alicyclic amines) is 1. The Balaban J connectivity index is 2.34. The summed E-state index contributed by atoms with van der Waals surface area (Å²) in [4.78, 5) is 16.7. The molecular weight excluding hydrogens is 238 g/mol. The van der Waals surface area contributed by atoms with Gasteiger partial charge in [0.2, 0.25) is 0 Å². The first-order chi connectivity index (χ1) is 9.00. The highest BCUT2D eigenvalue weighted by atomic mass is 16.2. The van der Waals surface area contributed by atoms with Crippen LogP contribution in [0.15, 0.2) is 18.2 Å². The van der Waals surface area contributed by atoms with Crippen LogP contribution < -0.4 is 10.6 Å². The van der Waals surface area contributed by atoms with Crippen LogP contribution in [0.3, 0.4) is 0 Å². The van der Waals surface area contributed by atoms with Crippen molar-refractivity contribution < 1.29 is 4.79 Å². The zero-order valence-corrected chi connectivity index (χ0v) is 12.0. The van der Waals surface area contributed by atoms with E-state index in [1.54, 1.807) is 6.07 Å². The van der Waals surface area contributed by atoms with Gasteiger partial charge < -0.3 is 15.5 Å². The number of carbonyl (C=O) groups is 1. The second kappa shape index (κ2) is 5.51. The number of rotatable bonds is 2. The molecule has 2 N–H and O–H groups in total. The van der Waals surface area contributed by atoms with Crippen LogP contribution in [-0.2, 0) is 0 Å². The molecule has 1 amide bonds. The summed E-state index contributed by atoms with van der Waals surface area (Å²) in [6, 6.07) is 5.86. The molecule has 4 nitrogen and oxygen atoms in total. The Morgan fingerprint density at radius 1 is 1.37 bits per heavy atom. The highest BCUT2D eigenvalue weighted by molar-refractivity contribution is 6.00. The number of nitrogens with zero attached hydrogens (tertiary/aromatic N) is 2. The van der Waals surface area contributed by atoms with Crippen molar-refractivity contribution >= 4 is 17.3 Å². The van der Waals surface area contributed by atoms with E-state index in [4.69, 9.17) is 5.73 Å². The van der Waals surface area contributed by atoms with E-state index >= 15 is 0 Å². The molecule has 4 heteroatoms. The van der Waals surface area contributed by atoms with Gasteiger partial charge in [0, 0.05) is 38.1 Å². The summed E-state index contributed by atoms with van der Waals surface area (Å²) in [7, 11) is 3.89. The van der Waals surface area contributed by atoms with Crippen LogP contribution in [0.1, 0.15) is 36.5 Å². The van der Waals surface area contributed by atoms with Crippen LogP contribution in [0.2, 0.25) is 0 Å². The molecule has 1 aromatic carbocycles. The first kappa shape index (κ1) is 13.7. The molecule has 19 heavy (non-hydrogen) atoms. The molecule has 1 aliphatic heterocycles. The van der Waals surface area contributed by atoms with Crippen LogP contribution >= 0.6 is 0 Å². The van der Waals surface area contributed by atoms with Crippen molar-refractivity contribution in [1.29, 1.82) is 0 Å². The molecule has 104 valence electrons. The van der Waals surface area contributed by atoms with E-state index in [1.807, 2.05) is 36.0 Å². The van der Waals surface area contributed by atoms with Crippen LogP contribution in [0.4, 0.5) is 11.4 Å². The van der Waals surface area contributed by atoms with E-state index in [1.165, 1.54) is 6.42 Å². The molecule has 0 bridgehead atoms. The van der Waals surface area contributed by atoms with Crippen LogP contribution in [-0.4, -0.2) is 37.5 Å². The van der Waals surface area contributed by atoms with E-state index < -0.39 is 0 Å². The fourth-order valence-electron chi connectivity index (χ4n) is 2.67. The Hall–Kier alpha value is -1.71. The summed E-state index contributed by atoms with van der Waals surface area (Å²) >= 11 is 0. The molecule has 1 heterocycles. The van der Waals surface area contributed by atoms with Crippen molar-refractivity contribution in [3.63, 3.8) is 0 Å². The van der Waals surface area contributed by atoms with Crippen molar-refractivity contribution in [1.82, 2.24) is 4.90 Å². The van der Waals surface area contributed by atoms with Gasteiger partial charge in [-0.2, -0.15) is 0 Å². The number of amides is 1. The van der Waals surface area contributed by atoms with E-state index in [0.29, 0.717) is 17.3 Å². The predicted octanol–water partition coefficient (Wildman–Crippen LogP) is 2.35. The van der Waals surface area contributed by atoms with Crippen molar-refractivity contribution in [2.75, 3.05) is 31.3 Å². The Morgan fingerprint density at radius 3 is 2.74 bits per heavy atom. The lowest BCUT2D eigenvalue weighted by atomic mass is 10.0. The third-order valence-electron chi connectivity index (χ3n) is 3.80. The Bertz CT molecular complexity index is 470. The van der Waals surface area contributed by atoms with Gasteiger partial charge in [-0.25, -0.2) is 0 Å². The lowest BCUT2D eigenvalue weighted by Crippen LogP contribution is -2.42. The predicted molar refractivity (Wildman–Crippen MR) is 79.5 cm³/mol. The van der Waals surface area contributed by atoms with E-state index in [0.717, 1.165) is 25.1 Å². The molecule has 0 aliphatic carbocycles. The molecule has 2 rings (SSSR count). The normalized spacial score (nSPS) is 19.3. The average Bonchev–Trinajstić information content (AvgIpc) is 2.38. The zero-order valence-electron chi connectivity index (χ0n) is 12.0. The van der Waals surface area contributed by atoms with E-state index in [2.05, 4.69) is 6.92 Å². The summed E-state index contributed by atoms with van der Waals surface area (Å²) in [5.41, 5.74) is 8.11. The van der Waals surface area contributed by atoms with Crippen molar-refractivity contribution in [2.24, 2.45) is 0 Å². The van der Waals surface area contributed by atoms with Gasteiger partial charge in [-0.3, -0.25) is 4.79 Å². The monoisotopic (exact) mass is 261 g/mol. The second-order valence-corrected chi connectivity index (χ2v) is 5.51. The Labute approximate surface area is 115 Å². The number of nitrogens with two attached hydrogens (primary N) is 1. The number of carbonyl (C=O) groups excluding carboxylic acids is 1. The van der Waals surface area contributed by atoms with E-state index in [-0.39, 0.29) is 5.91 Å². The molecule has 1 fully saturated rings. The van der Waals surface area contributed by atoms with Crippen LogP contribution in [0, 0.1) is 0 Å². The summed E-state index contributed by atoms with van der Waals surface area (Å²) in [6.45, 7) is 2.97. The zero-order chi connectivity index (χ0) is 14.0. The third-order valence-corrected chi connectivity index (χ3v) is 3.80. The Morgan fingerprint density at radius 2 is 2.11 bits per heavy atom. The van der Waals surface area contributed by atoms with Gasteiger partial charge in [-0.15, -0.1) is 0 Å². The van der Waals surface area contributed by atoms with E-state index in [9.17, 15) is 4.79 Å². The number of nitrogen functional groups attached to an aromatic ring is 1. The van der Waals surface area contributed by atoms with Gasteiger partial charge >= 0.3 is 0 Å². The molecular formula is C15H23N3O. The van der Waals surface area contributed by atoms with Crippen molar-refractivity contribution in [3.8, 4) is 0 Å². The summed E-state index contributed by atoms with van der Waals surface area (Å²) in [5, 5.41) is 0. The molecule has 0 radical (unpaired) electrons. The largest absolute Gasteiger partial charge is 0.399 e. The van der Waals surface area contributed by atoms with Gasteiger partial charge in [0.05, 0.1) is 5.56 Å². The maximum atomic E-state index is 12.7. The minimum Gasteiger partial charge on any atom is -0.399 e. The highest BCUT2D eigenvalue weighted by Crippen LogP contribution is 2.26. The summed E-state index contributed by atoms with van der Waals surface area (Å²) in [5.74, 6) is 0.100. The quantitative estimate of drug-likeness (QED) is 0.831. The lowest BCUT2D eigenvalue weighted by Gasteiger charge is -2.34. The van der Waals surface area contributed by atoms with Crippen LogP contribution in [0.25, 0.3) is 0 Å². The third kappa shape index (κ3) is 2.83. The summed E-state index contributed by atoms with van der Waals surface area (Å²) < 4.78 is 0. The van der Waals surface area contributed by atoms with Gasteiger partial charge in [0.25, 0.3) is 5.91 Å². The second-order valence-electron chi connectivity index (χ2n) is 5.51. The number of anilines is 2. The molecule has 1 unspecified atom stereocenters. The highest BCUT2D eigenvalue weighted by Gasteiger charge is 2.26. The van der Waals surface area contributed by atoms with Gasteiger partial charge in [0.1, 0.15) is 0 Å². The summed E-state index contributed by atoms with van der Waals surface area (Å²) in [6.07, 6.45) is 3.39. The molecule has 0 spiro atoms. The molecule has 1 aliphatic rings. The molecule has 1 saturated heterocycles. The fraction of sp³-hybridized carbons (Fsp3) is 0.533.